The number of phenolic OH excluding ortho intramolecular Hbond substituents is 1. The van der Waals surface area contributed by atoms with Gasteiger partial charge in [0, 0.05) is 0 Å². The fourth-order valence-electron chi connectivity index (χ4n) is 0.831. The summed E-state index contributed by atoms with van der Waals surface area (Å²) in [5, 5.41) is 9.23. The van der Waals surface area contributed by atoms with E-state index in [1.54, 1.807) is 12.1 Å². The predicted molar refractivity (Wildman–Crippen MR) is 47.2 cm³/mol. The number of hydrogen-bond donors (Lipinski definition) is 1. The molecule has 0 aliphatic carbocycles. The molecule has 1 N–H and O–H groups in total. The van der Waals surface area contributed by atoms with Crippen molar-refractivity contribution in [3.05, 3.63) is 29.8 Å². The van der Waals surface area contributed by atoms with Crippen molar-refractivity contribution < 1.29 is 14.6 Å². The zero-order chi connectivity index (χ0) is 9.68. The third-order valence-electron chi connectivity index (χ3n) is 1.41. The van der Waals surface area contributed by atoms with E-state index in [0.717, 1.165) is 0 Å². The number of carbonyl (C=O) groups excluding carboxylic acids is 1. The minimum atomic E-state index is -0.615. The molecule has 0 aromatic heterocycles. The number of para-hydroxylation sites is 1. The minimum Gasteiger partial charge on any atom is -0.507 e. The van der Waals surface area contributed by atoms with Crippen LogP contribution in [0.2, 0.25) is 0 Å². The molecule has 3 nitrogen and oxygen atoms in total. The normalized spacial score (nSPS) is 8.85. The van der Waals surface area contributed by atoms with E-state index in [2.05, 4.69) is 10.7 Å². The molecule has 0 saturated carbocycles. The molecule has 0 unspecified atom stereocenters. The van der Waals surface area contributed by atoms with Crippen molar-refractivity contribution >= 4 is 5.97 Å². The Kier molecular flexibility index (Phi) is 2.93. The molecule has 1 aromatic carbocycles. The molecule has 0 atom stereocenters. The van der Waals surface area contributed by atoms with Gasteiger partial charge in [0.05, 0.1) is 0 Å². The number of rotatable bonds is 2. The smallest absolute Gasteiger partial charge is 0.342 e. The molecule has 1 aromatic rings. The largest absolute Gasteiger partial charge is 0.507 e. The number of phenols is 1. The predicted octanol–water partition coefficient (Wildman–Crippen LogP) is 1.18. The maximum atomic E-state index is 11.1. The van der Waals surface area contributed by atoms with Gasteiger partial charge in [-0.15, -0.1) is 6.42 Å². The second kappa shape index (κ2) is 4.17. The Labute approximate surface area is 76.0 Å². The van der Waals surface area contributed by atoms with Gasteiger partial charge in [-0.1, -0.05) is 18.1 Å². The first-order valence-corrected chi connectivity index (χ1v) is 3.64. The first kappa shape index (κ1) is 9.14. The molecule has 0 bridgehead atoms. The Balaban J connectivity index is 2.78. The van der Waals surface area contributed by atoms with Gasteiger partial charge in [0.2, 0.25) is 0 Å². The zero-order valence-corrected chi connectivity index (χ0v) is 6.86. The van der Waals surface area contributed by atoms with Crippen LogP contribution in [0.4, 0.5) is 0 Å². The summed E-state index contributed by atoms with van der Waals surface area (Å²) in [4.78, 5) is 11.1. The van der Waals surface area contributed by atoms with Crippen LogP contribution in [0, 0.1) is 12.3 Å². The molecule has 0 amide bonds. The maximum Gasteiger partial charge on any atom is 0.342 e. The average Bonchev–Trinajstić information content (AvgIpc) is 2.15. The van der Waals surface area contributed by atoms with Crippen molar-refractivity contribution in [3.8, 4) is 18.1 Å². The number of ether oxygens (including phenoxy) is 1. The van der Waals surface area contributed by atoms with Crippen LogP contribution in [0.15, 0.2) is 24.3 Å². The SMILES string of the molecule is C#CCOC(=O)c1ccccc1O. The van der Waals surface area contributed by atoms with Gasteiger partial charge in [-0.3, -0.25) is 0 Å². The van der Waals surface area contributed by atoms with E-state index in [4.69, 9.17) is 6.42 Å². The lowest BCUT2D eigenvalue weighted by Gasteiger charge is -2.02. The zero-order valence-electron chi connectivity index (χ0n) is 6.86. The Hall–Kier alpha value is -1.95. The van der Waals surface area contributed by atoms with Crippen LogP contribution in [0.25, 0.3) is 0 Å². The summed E-state index contributed by atoms with van der Waals surface area (Å²) < 4.78 is 4.62. The molecular weight excluding hydrogens is 168 g/mol. The summed E-state index contributed by atoms with van der Waals surface area (Å²) in [6.45, 7) is -0.0901. The van der Waals surface area contributed by atoms with Gasteiger partial charge < -0.3 is 9.84 Å². The fraction of sp³-hybridized carbons (Fsp3) is 0.100. The molecule has 0 radical (unpaired) electrons. The maximum absolute atomic E-state index is 11.1. The first-order valence-electron chi connectivity index (χ1n) is 3.64. The number of hydrogen-bond acceptors (Lipinski definition) is 3. The molecule has 66 valence electrons. The highest BCUT2D eigenvalue weighted by atomic mass is 16.5. The van der Waals surface area contributed by atoms with E-state index in [0.29, 0.717) is 0 Å². The van der Waals surface area contributed by atoms with Gasteiger partial charge in [-0.2, -0.15) is 0 Å². The number of esters is 1. The molecule has 0 aliphatic rings. The highest BCUT2D eigenvalue weighted by molar-refractivity contribution is 5.92. The summed E-state index contributed by atoms with van der Waals surface area (Å²) in [5.74, 6) is 1.44. The van der Waals surface area contributed by atoms with Crippen molar-refractivity contribution in [2.24, 2.45) is 0 Å². The van der Waals surface area contributed by atoms with Gasteiger partial charge in [0.15, 0.2) is 6.61 Å². The molecule has 0 saturated heterocycles. The molecule has 1 rings (SSSR count). The third-order valence-corrected chi connectivity index (χ3v) is 1.41. The fourth-order valence-corrected chi connectivity index (χ4v) is 0.831. The van der Waals surface area contributed by atoms with Crippen molar-refractivity contribution in [2.75, 3.05) is 6.61 Å². The summed E-state index contributed by atoms with van der Waals surface area (Å²) in [5.41, 5.74) is 0.123. The van der Waals surface area contributed by atoms with Crippen molar-refractivity contribution in [3.63, 3.8) is 0 Å². The Morgan fingerprint density at radius 2 is 2.23 bits per heavy atom. The van der Waals surface area contributed by atoms with Crippen LogP contribution in [0.1, 0.15) is 10.4 Å². The number of benzene rings is 1. The average molecular weight is 176 g/mol. The van der Waals surface area contributed by atoms with Crippen molar-refractivity contribution in [1.29, 1.82) is 0 Å². The van der Waals surface area contributed by atoms with E-state index in [9.17, 15) is 9.90 Å². The van der Waals surface area contributed by atoms with Crippen LogP contribution in [0.5, 0.6) is 5.75 Å². The monoisotopic (exact) mass is 176 g/mol. The topological polar surface area (TPSA) is 46.5 Å². The molecule has 13 heavy (non-hydrogen) atoms. The summed E-state index contributed by atoms with van der Waals surface area (Å²) >= 11 is 0. The van der Waals surface area contributed by atoms with E-state index in [1.165, 1.54) is 12.1 Å². The summed E-state index contributed by atoms with van der Waals surface area (Å²) in [6, 6.07) is 6.13. The van der Waals surface area contributed by atoms with Crippen LogP contribution in [0.3, 0.4) is 0 Å². The van der Waals surface area contributed by atoms with Crippen LogP contribution in [-0.2, 0) is 4.74 Å². The first-order chi connectivity index (χ1) is 6.25. The van der Waals surface area contributed by atoms with Gasteiger partial charge in [-0.25, -0.2) is 4.79 Å². The number of carbonyl (C=O) groups is 1. The van der Waals surface area contributed by atoms with Crippen LogP contribution >= 0.6 is 0 Å². The summed E-state index contributed by atoms with van der Waals surface area (Å²) in [7, 11) is 0. The Morgan fingerprint density at radius 3 is 2.85 bits per heavy atom. The second-order valence-corrected chi connectivity index (χ2v) is 2.30. The number of aromatic hydroxyl groups is 1. The van der Waals surface area contributed by atoms with Gasteiger partial charge in [-0.05, 0) is 12.1 Å². The van der Waals surface area contributed by atoms with Crippen molar-refractivity contribution in [2.45, 2.75) is 0 Å². The van der Waals surface area contributed by atoms with E-state index in [-0.39, 0.29) is 17.9 Å². The highest BCUT2D eigenvalue weighted by Gasteiger charge is 2.10. The molecule has 0 spiro atoms. The van der Waals surface area contributed by atoms with Crippen LogP contribution in [-0.4, -0.2) is 17.7 Å². The van der Waals surface area contributed by atoms with E-state index < -0.39 is 5.97 Å². The quantitative estimate of drug-likeness (QED) is 0.543. The number of terminal acetylenes is 1. The standard InChI is InChI=1S/C10H8O3/c1-2-7-13-10(12)8-5-3-4-6-9(8)11/h1,3-6,11H,7H2. The highest BCUT2D eigenvalue weighted by Crippen LogP contribution is 2.16. The summed E-state index contributed by atoms with van der Waals surface area (Å²) in [6.07, 6.45) is 4.90. The van der Waals surface area contributed by atoms with E-state index in [1.807, 2.05) is 0 Å². The molecule has 0 fully saturated rings. The van der Waals surface area contributed by atoms with Gasteiger partial charge in [0.1, 0.15) is 11.3 Å². The lowest BCUT2D eigenvalue weighted by molar-refractivity contribution is 0.0553. The van der Waals surface area contributed by atoms with Crippen LogP contribution < -0.4 is 0 Å². The van der Waals surface area contributed by atoms with Gasteiger partial charge in [0.25, 0.3) is 0 Å². The molecule has 3 heteroatoms. The Bertz CT molecular complexity index is 349. The lowest BCUT2D eigenvalue weighted by Crippen LogP contribution is -2.05. The molecule has 0 heterocycles. The Morgan fingerprint density at radius 1 is 1.54 bits per heavy atom. The minimum absolute atomic E-state index is 0.0901. The van der Waals surface area contributed by atoms with Crippen molar-refractivity contribution in [1.82, 2.24) is 0 Å². The lowest BCUT2D eigenvalue weighted by atomic mass is 10.2. The molecule has 0 aliphatic heterocycles. The second-order valence-electron chi connectivity index (χ2n) is 2.30. The van der Waals surface area contributed by atoms with E-state index >= 15 is 0 Å². The molecular formula is C10H8O3. The third kappa shape index (κ3) is 2.24. The van der Waals surface area contributed by atoms with Gasteiger partial charge >= 0.3 is 5.97 Å².